The van der Waals surface area contributed by atoms with Crippen LogP contribution in [0.4, 0.5) is 5.69 Å². The minimum absolute atomic E-state index is 0.104. The Labute approximate surface area is 294 Å². The summed E-state index contributed by atoms with van der Waals surface area (Å²) >= 11 is 1.42. The van der Waals surface area contributed by atoms with Crippen molar-refractivity contribution >= 4 is 41.5 Å². The smallest absolute Gasteiger partial charge is 0.251 e. The molecule has 2 aromatic carbocycles. The van der Waals surface area contributed by atoms with Gasteiger partial charge in [0.2, 0.25) is 11.8 Å². The Morgan fingerprint density at radius 3 is 2.04 bits per heavy atom. The number of carbonyl (C=O) groups excluding carboxylic acids is 4. The molecule has 5 N–H and O–H groups in total. The van der Waals surface area contributed by atoms with Crippen molar-refractivity contribution in [2.75, 3.05) is 38.5 Å². The molecule has 0 aliphatic rings. The van der Waals surface area contributed by atoms with Crippen LogP contribution in [-0.4, -0.2) is 80.3 Å². The summed E-state index contributed by atoms with van der Waals surface area (Å²) < 4.78 is 9.36. The van der Waals surface area contributed by atoms with Gasteiger partial charge in [-0.05, 0) is 76.7 Å². The monoisotopic (exact) mass is 693 g/mol. The molecule has 3 aromatic rings. The van der Waals surface area contributed by atoms with E-state index < -0.39 is 18.1 Å². The van der Waals surface area contributed by atoms with Gasteiger partial charge in [-0.25, -0.2) is 4.31 Å². The van der Waals surface area contributed by atoms with Crippen LogP contribution in [0.3, 0.4) is 0 Å². The largest absolute Gasteiger partial charge is 0.469 e. The maximum Gasteiger partial charge on any atom is 0.251 e. The molecule has 266 valence electrons. The average molecular weight is 694 g/mol. The van der Waals surface area contributed by atoms with E-state index in [4.69, 9.17) is 4.42 Å². The third kappa shape index (κ3) is 12.3. The van der Waals surface area contributed by atoms with Gasteiger partial charge in [0.25, 0.3) is 11.8 Å². The first kappa shape index (κ1) is 39.1. The van der Waals surface area contributed by atoms with Crippen LogP contribution < -0.4 is 30.9 Å². The van der Waals surface area contributed by atoms with Crippen LogP contribution in [-0.2, 0) is 16.0 Å². The number of likely N-dealkylation sites (N-methyl/N-ethyl adjacent to an activating group) is 1. The zero-order valence-corrected chi connectivity index (χ0v) is 30.5. The number of hydrogen-bond donors (Lipinski definition) is 5. The number of nitrogens with one attached hydrogen (secondary N) is 5. The number of carbonyl (C=O) groups is 4. The van der Waals surface area contributed by atoms with E-state index in [1.54, 1.807) is 37.5 Å². The second kappa shape index (κ2) is 19.0. The van der Waals surface area contributed by atoms with E-state index in [-0.39, 0.29) is 42.1 Å². The van der Waals surface area contributed by atoms with Crippen molar-refractivity contribution in [3.63, 3.8) is 0 Å². The third-order valence-electron chi connectivity index (χ3n) is 7.76. The topological polar surface area (TPSA) is 148 Å². The summed E-state index contributed by atoms with van der Waals surface area (Å²) in [5.41, 5.74) is 2.28. The molecular weight excluding hydrogens is 643 g/mol. The lowest BCUT2D eigenvalue weighted by Gasteiger charge is -2.25. The SMILES string of the molecule is CCNC(=O)[C@@H](NC(=O)[C@H](C)NC[C@H](Cc1ccco1)NC(=O)c1cc(C(=O)N[C@H](C)c2ccccc2)cc(N(C)SN(C)C)c1)C(C)C. The fraction of sp³-hybridized carbons (Fsp3) is 0.444. The summed E-state index contributed by atoms with van der Waals surface area (Å²) in [6.07, 6.45) is 1.92. The lowest BCUT2D eigenvalue weighted by molar-refractivity contribution is -0.130. The van der Waals surface area contributed by atoms with Gasteiger partial charge in [0.1, 0.15) is 11.8 Å². The van der Waals surface area contributed by atoms with Gasteiger partial charge >= 0.3 is 0 Å². The van der Waals surface area contributed by atoms with Gasteiger partial charge < -0.3 is 35.3 Å². The van der Waals surface area contributed by atoms with Crippen molar-refractivity contribution < 1.29 is 23.6 Å². The van der Waals surface area contributed by atoms with E-state index in [1.165, 1.54) is 12.1 Å². The highest BCUT2D eigenvalue weighted by Gasteiger charge is 2.27. The van der Waals surface area contributed by atoms with Crippen LogP contribution in [0.2, 0.25) is 0 Å². The molecule has 4 atom stereocenters. The van der Waals surface area contributed by atoms with Crippen molar-refractivity contribution in [2.45, 2.75) is 65.2 Å². The van der Waals surface area contributed by atoms with E-state index in [2.05, 4.69) is 26.6 Å². The molecule has 0 bridgehead atoms. The molecule has 1 aromatic heterocycles. The molecule has 0 saturated carbocycles. The Bertz CT molecular complexity index is 1520. The van der Waals surface area contributed by atoms with Crippen molar-refractivity contribution in [3.8, 4) is 0 Å². The molecule has 0 aliphatic carbocycles. The molecule has 0 radical (unpaired) electrons. The van der Waals surface area contributed by atoms with Gasteiger partial charge in [0.15, 0.2) is 0 Å². The summed E-state index contributed by atoms with van der Waals surface area (Å²) in [6, 6.07) is 16.3. The maximum absolute atomic E-state index is 13.9. The fourth-order valence-electron chi connectivity index (χ4n) is 5.08. The minimum Gasteiger partial charge on any atom is -0.469 e. The van der Waals surface area contributed by atoms with Gasteiger partial charge in [-0.15, -0.1) is 0 Å². The van der Waals surface area contributed by atoms with Gasteiger partial charge in [0, 0.05) is 61.5 Å². The second-order valence-electron chi connectivity index (χ2n) is 12.5. The molecule has 12 nitrogen and oxygen atoms in total. The zero-order chi connectivity index (χ0) is 36.1. The van der Waals surface area contributed by atoms with E-state index in [0.29, 0.717) is 35.5 Å². The highest BCUT2D eigenvalue weighted by Crippen LogP contribution is 2.25. The van der Waals surface area contributed by atoms with Crippen molar-refractivity contribution in [1.82, 2.24) is 30.9 Å². The third-order valence-corrected chi connectivity index (χ3v) is 8.55. The summed E-state index contributed by atoms with van der Waals surface area (Å²) in [4.78, 5) is 53.0. The molecule has 1 heterocycles. The number of nitrogens with zero attached hydrogens (tertiary/aromatic N) is 2. The van der Waals surface area contributed by atoms with Crippen LogP contribution in [0, 0.1) is 5.92 Å². The predicted molar refractivity (Wildman–Crippen MR) is 195 cm³/mol. The molecule has 4 amide bonds. The Hall–Kier alpha value is -4.33. The van der Waals surface area contributed by atoms with Gasteiger partial charge in [-0.2, -0.15) is 0 Å². The summed E-state index contributed by atoms with van der Waals surface area (Å²) in [7, 11) is 5.67. The lowest BCUT2D eigenvalue weighted by Crippen LogP contribution is -2.55. The van der Waals surface area contributed by atoms with Gasteiger partial charge in [-0.1, -0.05) is 44.2 Å². The van der Waals surface area contributed by atoms with Crippen LogP contribution in [0.25, 0.3) is 0 Å². The number of anilines is 1. The van der Waals surface area contributed by atoms with Crippen molar-refractivity contribution in [3.05, 3.63) is 89.4 Å². The number of furan rings is 1. The van der Waals surface area contributed by atoms with E-state index in [1.807, 2.05) is 93.8 Å². The Morgan fingerprint density at radius 1 is 0.816 bits per heavy atom. The molecule has 0 spiro atoms. The predicted octanol–water partition coefficient (Wildman–Crippen LogP) is 3.93. The Kier molecular flexibility index (Phi) is 15.2. The van der Waals surface area contributed by atoms with E-state index in [0.717, 1.165) is 5.56 Å². The number of amides is 4. The summed E-state index contributed by atoms with van der Waals surface area (Å²) in [5.74, 6) is -0.708. The molecule has 3 rings (SSSR count). The van der Waals surface area contributed by atoms with E-state index >= 15 is 0 Å². The van der Waals surface area contributed by atoms with Crippen molar-refractivity contribution in [2.24, 2.45) is 5.92 Å². The molecule has 0 aliphatic heterocycles. The highest BCUT2D eigenvalue weighted by atomic mass is 32.2. The normalized spacial score (nSPS) is 13.7. The molecule has 49 heavy (non-hydrogen) atoms. The standard InChI is InChI=1S/C36H51N7O5S/c1-9-37-36(47)32(23(2)3)41-33(44)25(5)38-22-29(21-31-16-13-17-48-31)40-35(46)28-18-27(19-30(20-28)43(8)49-42(6)7)34(45)39-24(4)26-14-11-10-12-15-26/h10-20,23-25,29,32,38H,9,21-22H2,1-8H3,(H,37,47)(H,39,45)(H,40,46)(H,41,44)/t24-,25+,29+,32+/m1/s1. The molecular formula is C36H51N7O5S. The molecule has 13 heteroatoms. The lowest BCUT2D eigenvalue weighted by atomic mass is 10.0. The van der Waals surface area contributed by atoms with Crippen LogP contribution >= 0.6 is 12.1 Å². The fourth-order valence-corrected chi connectivity index (χ4v) is 5.77. The highest BCUT2D eigenvalue weighted by molar-refractivity contribution is 7.98. The number of hydrogen-bond acceptors (Lipinski definition) is 9. The molecule has 0 unspecified atom stereocenters. The Balaban J connectivity index is 1.81. The minimum atomic E-state index is -0.673. The summed E-state index contributed by atoms with van der Waals surface area (Å²) in [6.45, 7) is 9.89. The quantitative estimate of drug-likeness (QED) is 0.125. The van der Waals surface area contributed by atoms with E-state index in [9.17, 15) is 19.2 Å². The van der Waals surface area contributed by atoms with Gasteiger partial charge in [0.05, 0.1) is 18.3 Å². The van der Waals surface area contributed by atoms with Crippen LogP contribution in [0.15, 0.2) is 71.3 Å². The first-order valence-corrected chi connectivity index (χ1v) is 17.3. The molecule has 0 fully saturated rings. The van der Waals surface area contributed by atoms with Crippen LogP contribution in [0.1, 0.15) is 72.7 Å². The summed E-state index contributed by atoms with van der Waals surface area (Å²) in [5, 5.41) is 14.9. The second-order valence-corrected chi connectivity index (χ2v) is 13.9. The number of benzene rings is 2. The van der Waals surface area contributed by atoms with Crippen LogP contribution in [0.5, 0.6) is 0 Å². The van der Waals surface area contributed by atoms with Gasteiger partial charge in [-0.3, -0.25) is 19.2 Å². The molecule has 0 saturated heterocycles. The maximum atomic E-state index is 13.9. The first-order chi connectivity index (χ1) is 23.3. The number of rotatable bonds is 18. The zero-order valence-electron chi connectivity index (χ0n) is 29.7. The average Bonchev–Trinajstić information content (AvgIpc) is 3.58. The van der Waals surface area contributed by atoms with Crippen molar-refractivity contribution in [1.29, 1.82) is 0 Å². The Morgan fingerprint density at radius 2 is 1.47 bits per heavy atom. The first-order valence-electron chi connectivity index (χ1n) is 16.5.